The Bertz CT molecular complexity index is 164. The van der Waals surface area contributed by atoms with Gasteiger partial charge < -0.3 is 11.5 Å². The Hall–Kier alpha value is -0.0800. The van der Waals surface area contributed by atoms with Crippen LogP contribution in [0.25, 0.3) is 0 Å². The smallest absolute Gasteiger partial charge is 0.00773 e. The van der Waals surface area contributed by atoms with Gasteiger partial charge in [-0.15, -0.1) is 0 Å². The summed E-state index contributed by atoms with van der Waals surface area (Å²) < 4.78 is 0. The second-order valence-electron chi connectivity index (χ2n) is 7.94. The first-order valence-corrected chi connectivity index (χ1v) is 12.2. The number of rotatable bonds is 20. The molecule has 0 amide bonds. The molecule has 0 aromatic rings. The first-order chi connectivity index (χ1) is 12.8. The van der Waals surface area contributed by atoms with E-state index in [9.17, 15) is 0 Å². The lowest BCUT2D eigenvalue weighted by Gasteiger charge is -2.00. The van der Waals surface area contributed by atoms with E-state index in [-0.39, 0.29) is 0 Å². The fourth-order valence-electron chi connectivity index (χ4n) is 3.26. The molecule has 0 aromatic carbocycles. The van der Waals surface area contributed by atoms with Crippen molar-refractivity contribution in [3.63, 3.8) is 0 Å². The highest BCUT2D eigenvalue weighted by atomic mass is 14.5. The molecule has 0 heterocycles. The van der Waals surface area contributed by atoms with Crippen molar-refractivity contribution >= 4 is 0 Å². The highest BCUT2D eigenvalue weighted by Crippen LogP contribution is 2.10. The minimum absolute atomic E-state index is 0.872. The fourth-order valence-corrected chi connectivity index (χ4v) is 3.26. The molecule has 2 nitrogen and oxygen atoms in total. The third-order valence-electron chi connectivity index (χ3n) is 5.12. The van der Waals surface area contributed by atoms with Crippen molar-refractivity contribution in [1.29, 1.82) is 0 Å². The highest BCUT2D eigenvalue weighted by molar-refractivity contribution is 4.48. The van der Waals surface area contributed by atoms with E-state index in [1.54, 1.807) is 0 Å². The summed E-state index contributed by atoms with van der Waals surface area (Å²) in [7, 11) is 0. The molecule has 0 atom stereocenters. The average Bonchev–Trinajstić information content (AvgIpc) is 2.66. The molecule has 0 fully saturated rings. The van der Waals surface area contributed by atoms with Gasteiger partial charge in [-0.3, -0.25) is 0 Å². The van der Waals surface area contributed by atoms with E-state index < -0.39 is 0 Å². The van der Waals surface area contributed by atoms with Crippen molar-refractivity contribution in [1.82, 2.24) is 0 Å². The Balaban J connectivity index is 0. The quantitative estimate of drug-likeness (QED) is 0.215. The number of hydrogen-bond donors (Lipinski definition) is 2. The molecule has 0 aliphatic rings. The maximum Gasteiger partial charge on any atom is -0.00773 e. The monoisotopic (exact) mass is 370 g/mol. The average molecular weight is 371 g/mol. The van der Waals surface area contributed by atoms with Gasteiger partial charge in [0.1, 0.15) is 0 Å². The predicted octanol–water partition coefficient (Wildman–Crippen LogP) is 7.73. The lowest BCUT2D eigenvalue weighted by molar-refractivity contribution is 0.558. The Morgan fingerprint density at radius 2 is 0.500 bits per heavy atom. The van der Waals surface area contributed by atoms with Crippen LogP contribution in [-0.4, -0.2) is 13.1 Å². The van der Waals surface area contributed by atoms with Gasteiger partial charge in [-0.25, -0.2) is 0 Å². The van der Waals surface area contributed by atoms with E-state index in [1.807, 2.05) is 0 Å². The molecule has 0 saturated heterocycles. The zero-order chi connectivity index (χ0) is 19.6. The highest BCUT2D eigenvalue weighted by Gasteiger charge is 1.92. The van der Waals surface area contributed by atoms with Gasteiger partial charge in [-0.1, -0.05) is 129 Å². The third-order valence-corrected chi connectivity index (χ3v) is 5.12. The number of nitrogens with two attached hydrogens (primary N) is 2. The Labute approximate surface area is 167 Å². The van der Waals surface area contributed by atoms with Gasteiger partial charge in [0.15, 0.2) is 0 Å². The van der Waals surface area contributed by atoms with E-state index in [1.165, 1.54) is 128 Å². The van der Waals surface area contributed by atoms with Crippen LogP contribution < -0.4 is 11.5 Å². The van der Waals surface area contributed by atoms with Crippen molar-refractivity contribution in [2.24, 2.45) is 11.5 Å². The first-order valence-electron chi connectivity index (χ1n) is 12.2. The van der Waals surface area contributed by atoms with Gasteiger partial charge in [-0.2, -0.15) is 0 Å². The second-order valence-corrected chi connectivity index (χ2v) is 7.94. The summed E-state index contributed by atoms with van der Waals surface area (Å²) in [4.78, 5) is 0. The molecule has 0 aliphatic carbocycles. The van der Waals surface area contributed by atoms with Crippen LogP contribution >= 0.6 is 0 Å². The lowest BCUT2D eigenvalue weighted by atomic mass is 10.1. The fraction of sp³-hybridized carbons (Fsp3) is 1.00. The van der Waals surface area contributed by atoms with E-state index in [0.717, 1.165) is 13.1 Å². The molecule has 0 unspecified atom stereocenters. The summed E-state index contributed by atoms with van der Waals surface area (Å²) in [5.41, 5.74) is 10.8. The van der Waals surface area contributed by atoms with Crippen LogP contribution in [0.1, 0.15) is 142 Å². The molecule has 0 bridgehead atoms. The Kier molecular flexibility index (Phi) is 32.1. The molecular formula is C24H54N2. The summed E-state index contributed by atoms with van der Waals surface area (Å²) in [5.74, 6) is 0. The van der Waals surface area contributed by atoms with Crippen molar-refractivity contribution < 1.29 is 0 Å². The summed E-state index contributed by atoms with van der Waals surface area (Å²) in [6, 6.07) is 0. The Morgan fingerprint density at radius 3 is 0.692 bits per heavy atom. The summed E-state index contributed by atoms with van der Waals surface area (Å²) in [6.45, 7) is 6.28. The second kappa shape index (κ2) is 29.7. The molecule has 160 valence electrons. The van der Waals surface area contributed by atoms with Crippen LogP contribution in [0.15, 0.2) is 0 Å². The standard InChI is InChI=1S/2C12H27N/c2*1-2-3-4-5-6-7-8-9-10-11-12-13/h2*2-13H2,1H3. The molecular weight excluding hydrogens is 316 g/mol. The van der Waals surface area contributed by atoms with Gasteiger partial charge in [0.05, 0.1) is 0 Å². The first kappa shape index (κ1) is 28.1. The maximum absolute atomic E-state index is 5.42. The zero-order valence-corrected chi connectivity index (χ0v) is 18.7. The molecule has 0 rings (SSSR count). The Morgan fingerprint density at radius 1 is 0.308 bits per heavy atom. The summed E-state index contributed by atoms with van der Waals surface area (Å²) in [6.07, 6.45) is 27.9. The number of hydrogen-bond acceptors (Lipinski definition) is 2. The van der Waals surface area contributed by atoms with Crippen LogP contribution in [-0.2, 0) is 0 Å². The summed E-state index contributed by atoms with van der Waals surface area (Å²) in [5, 5.41) is 0. The SMILES string of the molecule is CCCCCCCCCCCCN.CCCCCCCCCCCCN. The predicted molar refractivity (Wildman–Crippen MR) is 122 cm³/mol. The molecule has 0 aliphatic heterocycles. The van der Waals surface area contributed by atoms with Crippen molar-refractivity contribution in [3.8, 4) is 0 Å². The van der Waals surface area contributed by atoms with Crippen molar-refractivity contribution in [2.75, 3.05) is 13.1 Å². The van der Waals surface area contributed by atoms with Crippen molar-refractivity contribution in [3.05, 3.63) is 0 Å². The summed E-state index contributed by atoms with van der Waals surface area (Å²) >= 11 is 0. The molecule has 26 heavy (non-hydrogen) atoms. The lowest BCUT2D eigenvalue weighted by Crippen LogP contribution is -1.97. The van der Waals surface area contributed by atoms with Gasteiger partial charge in [0.2, 0.25) is 0 Å². The van der Waals surface area contributed by atoms with Crippen LogP contribution in [0.5, 0.6) is 0 Å². The van der Waals surface area contributed by atoms with E-state index in [4.69, 9.17) is 11.5 Å². The molecule has 2 heteroatoms. The van der Waals surface area contributed by atoms with E-state index in [2.05, 4.69) is 13.8 Å². The van der Waals surface area contributed by atoms with Gasteiger partial charge >= 0.3 is 0 Å². The van der Waals surface area contributed by atoms with Crippen LogP contribution in [0.3, 0.4) is 0 Å². The van der Waals surface area contributed by atoms with Crippen molar-refractivity contribution in [2.45, 2.75) is 142 Å². The van der Waals surface area contributed by atoms with Crippen LogP contribution in [0.2, 0.25) is 0 Å². The molecule has 0 aromatic heterocycles. The zero-order valence-electron chi connectivity index (χ0n) is 18.7. The van der Waals surface area contributed by atoms with E-state index >= 15 is 0 Å². The van der Waals surface area contributed by atoms with Crippen LogP contribution in [0.4, 0.5) is 0 Å². The van der Waals surface area contributed by atoms with Crippen LogP contribution in [0, 0.1) is 0 Å². The minimum Gasteiger partial charge on any atom is -0.330 e. The van der Waals surface area contributed by atoms with E-state index in [0.29, 0.717) is 0 Å². The maximum atomic E-state index is 5.42. The van der Waals surface area contributed by atoms with Gasteiger partial charge in [0, 0.05) is 0 Å². The topological polar surface area (TPSA) is 52.0 Å². The normalized spacial score (nSPS) is 10.6. The van der Waals surface area contributed by atoms with Gasteiger partial charge in [-0.05, 0) is 25.9 Å². The molecule has 0 radical (unpaired) electrons. The number of unbranched alkanes of at least 4 members (excludes halogenated alkanes) is 18. The largest absolute Gasteiger partial charge is 0.330 e. The van der Waals surface area contributed by atoms with Gasteiger partial charge in [0.25, 0.3) is 0 Å². The molecule has 4 N–H and O–H groups in total. The molecule has 0 spiro atoms. The third kappa shape index (κ3) is 31.7. The molecule has 0 saturated carbocycles. The minimum atomic E-state index is 0.872.